The van der Waals surface area contributed by atoms with Crippen LogP contribution in [-0.4, -0.2) is 140 Å². The topological polar surface area (TPSA) is 228 Å². The van der Waals surface area contributed by atoms with Crippen LogP contribution in [-0.2, 0) is 23.7 Å². The lowest BCUT2D eigenvalue weighted by Crippen LogP contribution is -2.65. The normalized spacial score (nSPS) is 22.4. The van der Waals surface area contributed by atoms with Crippen LogP contribution in [0.15, 0.2) is 109 Å². The third kappa shape index (κ3) is 50.9. The lowest BCUT2D eigenvalue weighted by Gasteiger charge is -2.46. The van der Waals surface area contributed by atoms with Gasteiger partial charge in [0.25, 0.3) is 0 Å². The van der Waals surface area contributed by atoms with Crippen molar-refractivity contribution in [2.45, 2.75) is 408 Å². The van der Waals surface area contributed by atoms with Gasteiger partial charge in [0.05, 0.1) is 32.0 Å². The number of nitrogens with one attached hydrogen (secondary N) is 1. The Labute approximate surface area is 610 Å². The van der Waals surface area contributed by atoms with Crippen LogP contribution in [0.2, 0.25) is 0 Å². The molecule has 578 valence electrons. The van der Waals surface area contributed by atoms with E-state index in [1.807, 2.05) is 6.08 Å². The number of unbranched alkanes of at least 4 members (excludes halogenated alkanes) is 39. The van der Waals surface area contributed by atoms with Crippen LogP contribution < -0.4 is 5.32 Å². The molecule has 2 fully saturated rings. The number of aliphatic hydroxyl groups is 8. The van der Waals surface area contributed by atoms with Crippen LogP contribution >= 0.6 is 0 Å². The first-order valence-electron chi connectivity index (χ1n) is 41.1. The number of carbonyl (C=O) groups excluding carboxylic acids is 1. The van der Waals surface area contributed by atoms with Crippen LogP contribution in [0.5, 0.6) is 0 Å². The minimum atomic E-state index is -1.80. The summed E-state index contributed by atoms with van der Waals surface area (Å²) in [6, 6.07) is -0.944. The molecule has 0 aliphatic carbocycles. The van der Waals surface area contributed by atoms with Gasteiger partial charge in [-0.1, -0.05) is 342 Å². The largest absolute Gasteiger partial charge is 0.394 e. The molecule has 0 aromatic carbocycles. The number of allylic oxidation sites excluding steroid dienone is 17. The van der Waals surface area contributed by atoms with Crippen LogP contribution in [0.25, 0.3) is 0 Å². The summed E-state index contributed by atoms with van der Waals surface area (Å²) in [6.07, 6.45) is 83.2. The Morgan fingerprint density at radius 2 is 0.700 bits per heavy atom. The number of aliphatic hydroxyl groups excluding tert-OH is 8. The molecule has 1 amide bonds. The summed E-state index contributed by atoms with van der Waals surface area (Å²) < 4.78 is 22.9. The molecule has 14 heteroatoms. The second-order valence-electron chi connectivity index (χ2n) is 28.5. The van der Waals surface area contributed by atoms with Gasteiger partial charge in [0, 0.05) is 6.42 Å². The summed E-state index contributed by atoms with van der Waals surface area (Å²) in [5.41, 5.74) is 0. The Balaban J connectivity index is 1.61. The third-order valence-electron chi connectivity index (χ3n) is 19.4. The predicted octanol–water partition coefficient (Wildman–Crippen LogP) is 19.0. The fourth-order valence-corrected chi connectivity index (χ4v) is 13.0. The van der Waals surface area contributed by atoms with E-state index in [0.29, 0.717) is 12.8 Å². The van der Waals surface area contributed by atoms with Crippen molar-refractivity contribution in [3.05, 3.63) is 109 Å². The molecule has 12 unspecified atom stereocenters. The number of rotatable bonds is 68. The molecular weight excluding hydrogens is 1250 g/mol. The molecule has 0 saturated carbocycles. The van der Waals surface area contributed by atoms with Crippen molar-refractivity contribution in [3.63, 3.8) is 0 Å². The molecule has 2 saturated heterocycles. The van der Waals surface area contributed by atoms with Gasteiger partial charge >= 0.3 is 0 Å². The Morgan fingerprint density at radius 3 is 1.10 bits per heavy atom. The number of carbonyl (C=O) groups is 1. The fraction of sp³-hybridized carbons (Fsp3) is 0.779. The van der Waals surface area contributed by atoms with Crippen LogP contribution in [0.1, 0.15) is 335 Å². The highest BCUT2D eigenvalue weighted by atomic mass is 16.7. The maximum atomic E-state index is 13.4. The average Bonchev–Trinajstić information content (AvgIpc) is 0.796. The van der Waals surface area contributed by atoms with E-state index < -0.39 is 86.8 Å². The molecule has 0 aromatic heterocycles. The molecule has 0 bridgehead atoms. The minimum absolute atomic E-state index is 0.251. The second kappa shape index (κ2) is 68.7. The van der Waals surface area contributed by atoms with Crippen molar-refractivity contribution < 1.29 is 64.6 Å². The molecule has 9 N–H and O–H groups in total. The van der Waals surface area contributed by atoms with Gasteiger partial charge in [0.1, 0.15) is 48.8 Å². The zero-order valence-electron chi connectivity index (χ0n) is 63.4. The highest BCUT2D eigenvalue weighted by Gasteiger charge is 2.51. The van der Waals surface area contributed by atoms with Crippen molar-refractivity contribution in [2.24, 2.45) is 0 Å². The lowest BCUT2D eigenvalue weighted by molar-refractivity contribution is -0.359. The summed E-state index contributed by atoms with van der Waals surface area (Å²) in [5.74, 6) is -0.251. The van der Waals surface area contributed by atoms with Gasteiger partial charge in [-0.05, 0) is 96.3 Å². The first-order chi connectivity index (χ1) is 49.1. The summed E-state index contributed by atoms with van der Waals surface area (Å²) >= 11 is 0. The van der Waals surface area contributed by atoms with E-state index in [1.165, 1.54) is 218 Å². The van der Waals surface area contributed by atoms with Gasteiger partial charge in [-0.15, -0.1) is 0 Å². The Morgan fingerprint density at radius 1 is 0.370 bits per heavy atom. The van der Waals surface area contributed by atoms with Crippen molar-refractivity contribution >= 4 is 5.91 Å². The van der Waals surface area contributed by atoms with Crippen molar-refractivity contribution in [1.82, 2.24) is 5.32 Å². The van der Waals surface area contributed by atoms with Gasteiger partial charge in [0.15, 0.2) is 12.6 Å². The van der Waals surface area contributed by atoms with Crippen molar-refractivity contribution in [1.29, 1.82) is 0 Å². The molecule has 100 heavy (non-hydrogen) atoms. The molecule has 2 heterocycles. The first-order valence-corrected chi connectivity index (χ1v) is 41.1. The first kappa shape index (κ1) is 92.7. The van der Waals surface area contributed by atoms with E-state index in [4.69, 9.17) is 18.9 Å². The lowest BCUT2D eigenvalue weighted by atomic mass is 9.97. The summed E-state index contributed by atoms with van der Waals surface area (Å²) in [4.78, 5) is 13.4. The predicted molar refractivity (Wildman–Crippen MR) is 415 cm³/mol. The van der Waals surface area contributed by atoms with Gasteiger partial charge in [-0.2, -0.15) is 0 Å². The quantitative estimate of drug-likeness (QED) is 0.0204. The third-order valence-corrected chi connectivity index (χ3v) is 19.4. The van der Waals surface area contributed by atoms with Crippen molar-refractivity contribution in [3.8, 4) is 0 Å². The maximum absolute atomic E-state index is 13.4. The molecule has 2 aliphatic rings. The zero-order valence-corrected chi connectivity index (χ0v) is 63.4. The maximum Gasteiger partial charge on any atom is 0.220 e. The van der Waals surface area contributed by atoms with Gasteiger partial charge in [-0.3, -0.25) is 4.79 Å². The number of amides is 1. The second-order valence-corrected chi connectivity index (χ2v) is 28.5. The van der Waals surface area contributed by atoms with Crippen LogP contribution in [0, 0.1) is 0 Å². The van der Waals surface area contributed by atoms with E-state index >= 15 is 0 Å². The smallest absolute Gasteiger partial charge is 0.220 e. The monoisotopic (exact) mass is 1410 g/mol. The van der Waals surface area contributed by atoms with Gasteiger partial charge < -0.3 is 65.1 Å². The van der Waals surface area contributed by atoms with Gasteiger partial charge in [-0.25, -0.2) is 0 Å². The molecule has 0 spiro atoms. The SMILES string of the molecule is CC/C=C\C/C=C\C/C=C\C/C=C\C/C=C\C/C=C\CCCCCCCCCCCCCCCCCCCCCCC(=O)NC(COC1OC(CO)C(OC2OC(CO)C(O)C(O)C2O)C(O)C1O)C(O)/C=C/CC/C=C/CC/C=C/CCCCCCCCCCCCCCCCCCC. The fourth-order valence-electron chi connectivity index (χ4n) is 13.0. The molecule has 0 radical (unpaired) electrons. The molecular formula is C86H151NO13. The molecule has 14 nitrogen and oxygen atoms in total. The Bertz CT molecular complexity index is 2100. The molecule has 2 aliphatic heterocycles. The summed E-state index contributed by atoms with van der Waals surface area (Å²) in [6.45, 7) is 2.70. The van der Waals surface area contributed by atoms with Crippen LogP contribution in [0.4, 0.5) is 0 Å². The van der Waals surface area contributed by atoms with E-state index in [0.717, 1.165) is 83.5 Å². The summed E-state index contributed by atoms with van der Waals surface area (Å²) in [7, 11) is 0. The van der Waals surface area contributed by atoms with E-state index in [9.17, 15) is 45.6 Å². The van der Waals surface area contributed by atoms with Gasteiger partial charge in [0.2, 0.25) is 5.91 Å². The number of hydrogen-bond donors (Lipinski definition) is 9. The van der Waals surface area contributed by atoms with E-state index in [1.54, 1.807) is 6.08 Å². The van der Waals surface area contributed by atoms with Crippen molar-refractivity contribution in [2.75, 3.05) is 19.8 Å². The molecule has 0 aromatic rings. The average molecular weight is 1410 g/mol. The number of hydrogen-bond acceptors (Lipinski definition) is 13. The van der Waals surface area contributed by atoms with E-state index in [-0.39, 0.29) is 18.9 Å². The summed E-state index contributed by atoms with van der Waals surface area (Å²) in [5, 5.41) is 87.7. The highest BCUT2D eigenvalue weighted by Crippen LogP contribution is 2.30. The molecule has 2 rings (SSSR count). The molecule has 12 atom stereocenters. The Kier molecular flexibility index (Phi) is 63.7. The van der Waals surface area contributed by atoms with E-state index in [2.05, 4.69) is 116 Å². The standard InChI is InChI=1S/C86H151NO13/c1-3-5-7-9-11-13-15-17-19-21-23-25-27-29-31-32-33-34-35-36-37-38-39-40-41-42-44-46-48-50-52-54-56-58-60-62-64-66-68-70-78(91)87-74(73-97-85-83(96)81(94)84(77(72-89)99-85)100-86-82(95)80(93)79(92)76(71-88)98-86)75(90)69-67-65-63-61-59-57-55-53-51-49-47-45-43-30-28-26-24-22-20-18-16-14-12-10-8-6-4-2/h5,7,11,13,17,19,23,25,29,31,33-34,51,53,59,61,67,69,74-77,79-86,88-90,92-96H,3-4,6,8-10,12,14-16,18,20-22,24,26-28,30,32,35-50,52,54-58,60,62-66,68,70-73H2,1-2H3,(H,87,91)/b7-5-,13-11-,19-17-,25-23-,31-29-,34-33-,53-51+,61-59+,69-67+. The highest BCUT2D eigenvalue weighted by molar-refractivity contribution is 5.76. The minimum Gasteiger partial charge on any atom is -0.394 e. The number of ether oxygens (including phenoxy) is 4. The zero-order chi connectivity index (χ0) is 72.2. The van der Waals surface area contributed by atoms with Crippen LogP contribution in [0.3, 0.4) is 0 Å². The Hall–Kier alpha value is -3.35.